The molecule has 1 amide bonds. The highest BCUT2D eigenvalue weighted by atomic mass is 16.5. The number of anilines is 1. The van der Waals surface area contributed by atoms with E-state index in [1.54, 1.807) is 0 Å². The van der Waals surface area contributed by atoms with Crippen molar-refractivity contribution in [2.75, 3.05) is 12.4 Å². The molecule has 0 saturated heterocycles. The summed E-state index contributed by atoms with van der Waals surface area (Å²) in [6.45, 7) is 0.222. The van der Waals surface area contributed by atoms with Gasteiger partial charge in [0, 0.05) is 12.7 Å². The minimum atomic E-state index is -0.752. The topological polar surface area (TPSA) is 64.3 Å². The highest BCUT2D eigenvalue weighted by Gasteiger charge is 1.96. The predicted molar refractivity (Wildman–Crippen MR) is 50.4 cm³/mol. The van der Waals surface area contributed by atoms with Crippen LogP contribution >= 0.6 is 0 Å². The minimum absolute atomic E-state index is 0.222. The van der Waals surface area contributed by atoms with Crippen molar-refractivity contribution in [1.29, 1.82) is 0 Å². The SMILES string of the molecule is CNc1ccc(COC(N)=O)cc1. The second-order valence-corrected chi connectivity index (χ2v) is 2.55. The summed E-state index contributed by atoms with van der Waals surface area (Å²) < 4.78 is 4.62. The standard InChI is InChI=1S/C9H12N2O2/c1-11-8-4-2-7(3-5-8)6-13-9(10)12/h2-5,11H,6H2,1H3,(H2,10,12). The van der Waals surface area contributed by atoms with Crippen LogP contribution in [0.25, 0.3) is 0 Å². The number of primary amides is 1. The van der Waals surface area contributed by atoms with Crippen LogP contribution in [-0.2, 0) is 11.3 Å². The fourth-order valence-electron chi connectivity index (χ4n) is 0.922. The van der Waals surface area contributed by atoms with E-state index in [1.807, 2.05) is 31.3 Å². The maximum absolute atomic E-state index is 10.3. The van der Waals surface area contributed by atoms with Gasteiger partial charge >= 0.3 is 6.09 Å². The van der Waals surface area contributed by atoms with Crippen molar-refractivity contribution < 1.29 is 9.53 Å². The van der Waals surface area contributed by atoms with Gasteiger partial charge in [0.2, 0.25) is 0 Å². The van der Waals surface area contributed by atoms with Crippen LogP contribution in [0.5, 0.6) is 0 Å². The Morgan fingerprint density at radius 3 is 2.54 bits per heavy atom. The highest BCUT2D eigenvalue weighted by Crippen LogP contribution is 2.09. The lowest BCUT2D eigenvalue weighted by molar-refractivity contribution is 0.150. The molecule has 1 aromatic carbocycles. The van der Waals surface area contributed by atoms with Gasteiger partial charge in [-0.2, -0.15) is 0 Å². The molecule has 3 N–H and O–H groups in total. The first kappa shape index (κ1) is 9.38. The molecule has 0 saturated carbocycles. The van der Waals surface area contributed by atoms with Gasteiger partial charge < -0.3 is 15.8 Å². The summed E-state index contributed by atoms with van der Waals surface area (Å²) in [5.41, 5.74) is 6.75. The summed E-state index contributed by atoms with van der Waals surface area (Å²) in [4.78, 5) is 10.3. The quantitative estimate of drug-likeness (QED) is 0.737. The number of rotatable bonds is 3. The zero-order valence-corrected chi connectivity index (χ0v) is 7.41. The van der Waals surface area contributed by atoms with Crippen LogP contribution in [0.15, 0.2) is 24.3 Å². The van der Waals surface area contributed by atoms with Gasteiger partial charge in [0.05, 0.1) is 0 Å². The number of amides is 1. The first-order valence-corrected chi connectivity index (χ1v) is 3.91. The molecule has 0 fully saturated rings. The molecule has 13 heavy (non-hydrogen) atoms. The van der Waals surface area contributed by atoms with Crippen molar-refractivity contribution in [2.45, 2.75) is 6.61 Å². The second-order valence-electron chi connectivity index (χ2n) is 2.55. The van der Waals surface area contributed by atoms with Crippen LogP contribution in [-0.4, -0.2) is 13.1 Å². The summed E-state index contributed by atoms with van der Waals surface area (Å²) in [5, 5.41) is 2.99. The van der Waals surface area contributed by atoms with E-state index in [0.29, 0.717) is 0 Å². The molecule has 0 atom stereocenters. The predicted octanol–water partition coefficient (Wildman–Crippen LogP) is 1.32. The van der Waals surface area contributed by atoms with Crippen LogP contribution in [0, 0.1) is 0 Å². The normalized spacial score (nSPS) is 9.31. The molecule has 0 aliphatic heterocycles. The Labute approximate surface area is 76.7 Å². The van der Waals surface area contributed by atoms with E-state index in [1.165, 1.54) is 0 Å². The molecule has 0 unspecified atom stereocenters. The molecule has 0 aliphatic rings. The Bertz CT molecular complexity index is 282. The molecule has 4 heteroatoms. The minimum Gasteiger partial charge on any atom is -0.445 e. The van der Waals surface area contributed by atoms with Crippen LogP contribution in [0.2, 0.25) is 0 Å². The van der Waals surface area contributed by atoms with E-state index in [2.05, 4.69) is 10.1 Å². The summed E-state index contributed by atoms with van der Waals surface area (Å²) in [6, 6.07) is 7.54. The number of nitrogens with one attached hydrogen (secondary N) is 1. The van der Waals surface area contributed by atoms with Gasteiger partial charge in [-0.25, -0.2) is 4.79 Å². The van der Waals surface area contributed by atoms with Gasteiger partial charge in [-0.1, -0.05) is 12.1 Å². The van der Waals surface area contributed by atoms with E-state index in [-0.39, 0.29) is 6.61 Å². The van der Waals surface area contributed by atoms with Crippen LogP contribution in [0.1, 0.15) is 5.56 Å². The lowest BCUT2D eigenvalue weighted by Crippen LogP contribution is -2.12. The van der Waals surface area contributed by atoms with Crippen molar-refractivity contribution in [2.24, 2.45) is 5.73 Å². The molecular weight excluding hydrogens is 168 g/mol. The zero-order chi connectivity index (χ0) is 9.68. The average molecular weight is 180 g/mol. The van der Waals surface area contributed by atoms with Crippen molar-refractivity contribution >= 4 is 11.8 Å². The van der Waals surface area contributed by atoms with E-state index >= 15 is 0 Å². The number of nitrogens with two attached hydrogens (primary N) is 1. The number of carbonyl (C=O) groups excluding carboxylic acids is 1. The summed E-state index contributed by atoms with van der Waals surface area (Å²) in [6.07, 6.45) is -0.752. The third-order valence-corrected chi connectivity index (χ3v) is 1.62. The summed E-state index contributed by atoms with van der Waals surface area (Å²) >= 11 is 0. The Morgan fingerprint density at radius 2 is 2.08 bits per heavy atom. The lowest BCUT2D eigenvalue weighted by atomic mass is 10.2. The molecule has 0 aromatic heterocycles. The van der Waals surface area contributed by atoms with Gasteiger partial charge in [0.25, 0.3) is 0 Å². The largest absolute Gasteiger partial charge is 0.445 e. The van der Waals surface area contributed by atoms with Crippen molar-refractivity contribution in [3.05, 3.63) is 29.8 Å². The Hall–Kier alpha value is -1.71. The lowest BCUT2D eigenvalue weighted by Gasteiger charge is -2.03. The average Bonchev–Trinajstić information content (AvgIpc) is 2.15. The molecule has 0 aliphatic carbocycles. The van der Waals surface area contributed by atoms with Crippen molar-refractivity contribution in [3.8, 4) is 0 Å². The number of carbonyl (C=O) groups is 1. The number of ether oxygens (including phenoxy) is 1. The van der Waals surface area contributed by atoms with Gasteiger partial charge in [-0.05, 0) is 17.7 Å². The summed E-state index contributed by atoms with van der Waals surface area (Å²) in [5.74, 6) is 0. The zero-order valence-electron chi connectivity index (χ0n) is 7.41. The highest BCUT2D eigenvalue weighted by molar-refractivity contribution is 5.64. The van der Waals surface area contributed by atoms with Crippen LogP contribution in [0.4, 0.5) is 10.5 Å². The molecule has 4 nitrogen and oxygen atoms in total. The van der Waals surface area contributed by atoms with Gasteiger partial charge in [0.1, 0.15) is 6.61 Å². The molecule has 70 valence electrons. The Kier molecular flexibility index (Phi) is 3.14. The van der Waals surface area contributed by atoms with E-state index in [4.69, 9.17) is 5.73 Å². The van der Waals surface area contributed by atoms with Crippen molar-refractivity contribution in [1.82, 2.24) is 0 Å². The number of benzene rings is 1. The maximum Gasteiger partial charge on any atom is 0.404 e. The fourth-order valence-corrected chi connectivity index (χ4v) is 0.922. The van der Waals surface area contributed by atoms with Gasteiger partial charge in [-0.15, -0.1) is 0 Å². The van der Waals surface area contributed by atoms with E-state index in [0.717, 1.165) is 11.3 Å². The summed E-state index contributed by atoms with van der Waals surface area (Å²) in [7, 11) is 1.84. The molecule has 1 rings (SSSR count). The third kappa shape index (κ3) is 3.02. The number of hydrogen-bond acceptors (Lipinski definition) is 3. The van der Waals surface area contributed by atoms with Crippen LogP contribution < -0.4 is 11.1 Å². The first-order valence-electron chi connectivity index (χ1n) is 3.91. The van der Waals surface area contributed by atoms with Gasteiger partial charge in [0.15, 0.2) is 0 Å². The smallest absolute Gasteiger partial charge is 0.404 e. The molecule has 0 heterocycles. The Morgan fingerprint density at radius 1 is 1.46 bits per heavy atom. The fraction of sp³-hybridized carbons (Fsp3) is 0.222. The molecule has 0 bridgehead atoms. The maximum atomic E-state index is 10.3. The second kappa shape index (κ2) is 4.35. The monoisotopic (exact) mass is 180 g/mol. The molecule has 0 spiro atoms. The molecule has 0 radical (unpaired) electrons. The van der Waals surface area contributed by atoms with E-state index in [9.17, 15) is 4.79 Å². The van der Waals surface area contributed by atoms with Crippen LogP contribution in [0.3, 0.4) is 0 Å². The number of hydrogen-bond donors (Lipinski definition) is 2. The van der Waals surface area contributed by atoms with E-state index < -0.39 is 6.09 Å². The van der Waals surface area contributed by atoms with Crippen molar-refractivity contribution in [3.63, 3.8) is 0 Å². The third-order valence-electron chi connectivity index (χ3n) is 1.62. The molecular formula is C9H12N2O2. The molecule has 1 aromatic rings. The first-order chi connectivity index (χ1) is 6.22. The Balaban J connectivity index is 2.54. The van der Waals surface area contributed by atoms with Gasteiger partial charge in [-0.3, -0.25) is 0 Å².